The van der Waals surface area contributed by atoms with E-state index in [1.165, 1.54) is 97.1 Å². The molecule has 0 unspecified atom stereocenters. The molecule has 12 aromatic heterocycles. The summed E-state index contributed by atoms with van der Waals surface area (Å²) in [7, 11) is 0. The molecule has 0 fully saturated rings. The molecular formula is C104H52Cl2F20FeN16. The van der Waals surface area contributed by atoms with E-state index in [9.17, 15) is 35.1 Å². The molecule has 0 amide bonds. The molecule has 20 heterocycles. The quantitative estimate of drug-likeness (QED) is 0.0990. The number of nitrogens with zero attached hydrogens (tertiary/aromatic N) is 12. The van der Waals surface area contributed by atoms with E-state index in [4.69, 9.17) is 0 Å². The maximum atomic E-state index is 15.6. The molecule has 16 nitrogen and oxygen atoms in total. The fourth-order valence-electron chi connectivity index (χ4n) is 16.5. The van der Waals surface area contributed by atoms with Gasteiger partial charge in [-0.3, -0.25) is 0 Å². The van der Waals surface area contributed by atoms with Crippen molar-refractivity contribution in [2.75, 3.05) is 0 Å². The van der Waals surface area contributed by atoms with Crippen LogP contribution in [0.4, 0.5) is 88.2 Å². The van der Waals surface area contributed by atoms with Gasteiger partial charge in [0.2, 0.25) is 0 Å². The molecule has 0 saturated carbocycles. The summed E-state index contributed by atoms with van der Waals surface area (Å²) < 4.78 is 304. The van der Waals surface area contributed by atoms with Crippen molar-refractivity contribution in [1.29, 1.82) is 0 Å². The van der Waals surface area contributed by atoms with E-state index in [2.05, 4.69) is 59.8 Å². The summed E-state index contributed by atoms with van der Waals surface area (Å²) in [5, 5.41) is 0. The van der Waals surface area contributed by atoms with Gasteiger partial charge in [0.25, 0.3) is 0 Å². The normalized spacial score (nSPS) is 12.8. The Balaban J connectivity index is 0.000000125. The third-order valence-electron chi connectivity index (χ3n) is 22.9. The maximum absolute atomic E-state index is 15.6. The summed E-state index contributed by atoms with van der Waals surface area (Å²) in [6.07, 6.45) is 13.1. The van der Waals surface area contributed by atoms with Crippen LogP contribution >= 0.6 is 0 Å². The van der Waals surface area contributed by atoms with Gasteiger partial charge in [-0.1, -0.05) is 139 Å². The molecule has 0 atom stereocenters. The number of aromatic nitrogens is 16. The summed E-state index contributed by atoms with van der Waals surface area (Å²) in [6, 6.07) is 61.3. The number of H-pyrrole nitrogens is 4. The van der Waals surface area contributed by atoms with Crippen LogP contribution in [0.5, 0.6) is 0 Å². The molecule has 8 aliphatic rings. The fourth-order valence-corrected chi connectivity index (χ4v) is 16.5. The van der Waals surface area contributed by atoms with Crippen LogP contribution in [0.3, 0.4) is 0 Å². The number of hydrogen-bond acceptors (Lipinski definition) is 8. The van der Waals surface area contributed by atoms with E-state index < -0.39 is 161 Å². The van der Waals surface area contributed by atoms with Crippen molar-refractivity contribution in [1.82, 2.24) is 79.0 Å². The standard InChI is InChI=1S/4C26H13F5N4.2ClH.Fe/c4*27-21-18-11-16-8-6-14(32-16)10-15-7-9-17(33-15)12-19-20(13-4-2-1-3-5-13)22(28)26(35(19)31)24(30)25(34-18)23(21)29;;;/h4*1-12,32H;2*1H;/q;;;;;;+2/p-2. The zero-order valence-corrected chi connectivity index (χ0v) is 74.4. The summed E-state index contributed by atoms with van der Waals surface area (Å²) in [6.45, 7) is 0. The number of rotatable bonds is 4. The van der Waals surface area contributed by atoms with Gasteiger partial charge in [-0.15, -0.1) is 0 Å². The Labute approximate surface area is 812 Å². The smallest absolute Gasteiger partial charge is 1.00 e. The van der Waals surface area contributed by atoms with E-state index in [1.54, 1.807) is 194 Å². The molecular weight excluding hydrogens is 1980 g/mol. The van der Waals surface area contributed by atoms with Crippen LogP contribution in [-0.4, -0.2) is 79.0 Å². The second-order valence-electron chi connectivity index (χ2n) is 31.8. The van der Waals surface area contributed by atoms with E-state index in [1.807, 2.05) is 0 Å². The predicted molar refractivity (Wildman–Crippen MR) is 498 cm³/mol. The maximum Gasteiger partial charge on any atom is 2.00 e. The van der Waals surface area contributed by atoms with Gasteiger partial charge < -0.3 is 44.7 Å². The SMILES string of the molecule is FC1=C(F)c2nc1cc1ccc(cc3nc(cc4c(-c5ccccc5)c(F)c(c2F)n4F)C=C3)[nH]1.FC1=C(F)c2nc1cc1ccc(cc3nc(cc4c(-c5ccccc5)c(F)c(c2F)n4F)C=C3)[nH]1.FC1=C(F)c2nc1cc1ccc(cc3nc(cc4c(-c5ccccc5)c(F)c(c2F)n4F)C=C3)[nH]1.FC1=C(F)c2nc1cc1ccc(cc3nc(cc4c(-c5ccccc5)c(F)c(c2F)n4F)C=C3)[nH]1.[Cl-].[Cl-].[Fe+2]. The van der Waals surface area contributed by atoms with Gasteiger partial charge in [0.05, 0.1) is 67.6 Å². The van der Waals surface area contributed by atoms with Crippen molar-refractivity contribution in [3.63, 3.8) is 0 Å². The first-order chi connectivity index (χ1) is 67.6. The van der Waals surface area contributed by atoms with Crippen LogP contribution in [0.15, 0.2) is 243 Å². The molecule has 0 radical (unpaired) electrons. The van der Waals surface area contributed by atoms with Crippen molar-refractivity contribution >= 4 is 183 Å². The van der Waals surface area contributed by atoms with Gasteiger partial charge in [0.1, 0.15) is 67.6 Å². The molecule has 8 aliphatic heterocycles. The minimum absolute atomic E-state index is 0. The Morgan fingerprint density at radius 3 is 0.538 bits per heavy atom. The number of aromatic amines is 4. The minimum atomic E-state index is -1.68. The van der Waals surface area contributed by atoms with Gasteiger partial charge in [-0.25, -0.2) is 110 Å². The molecule has 0 aliphatic carbocycles. The van der Waals surface area contributed by atoms with Crippen LogP contribution < -0.4 is 24.8 Å². The molecule has 24 rings (SSSR count). The van der Waals surface area contributed by atoms with Crippen molar-refractivity contribution in [3.8, 4) is 44.5 Å². The van der Waals surface area contributed by atoms with Gasteiger partial charge in [0.15, 0.2) is 93.2 Å². The third-order valence-corrected chi connectivity index (χ3v) is 22.9. The van der Waals surface area contributed by atoms with E-state index in [0.717, 1.165) is 0 Å². The Hall–Kier alpha value is -17.0. The number of halogens is 22. The average molecular weight is 2030 g/mol. The Kier molecular flexibility index (Phi) is 26.0. The van der Waals surface area contributed by atoms with Crippen molar-refractivity contribution in [2.24, 2.45) is 0 Å². The number of nitrogens with one attached hydrogen (secondary N) is 4. The molecule has 710 valence electrons. The van der Waals surface area contributed by atoms with E-state index in [-0.39, 0.29) is 150 Å². The largest absolute Gasteiger partial charge is 2.00 e. The van der Waals surface area contributed by atoms with E-state index in [0.29, 0.717) is 66.9 Å². The Bertz CT molecular complexity index is 8050. The molecule has 0 saturated heterocycles. The molecule has 4 N–H and O–H groups in total. The predicted octanol–water partition coefficient (Wildman–Crippen LogP) is 23.6. The molecule has 39 heteroatoms. The average Bonchev–Trinajstić information content (AvgIpc) is 1.61. The molecule has 4 aromatic carbocycles. The van der Waals surface area contributed by atoms with Gasteiger partial charge >= 0.3 is 17.1 Å². The van der Waals surface area contributed by atoms with Crippen LogP contribution in [0, 0.1) is 46.5 Å². The summed E-state index contributed by atoms with van der Waals surface area (Å²) in [5.41, 5.74) is -5.78. The fraction of sp³-hybridized carbons (Fsp3) is 0. The third kappa shape index (κ3) is 17.7. The van der Waals surface area contributed by atoms with E-state index >= 15 is 53.0 Å². The minimum Gasteiger partial charge on any atom is -1.00 e. The first kappa shape index (κ1) is 96.3. The number of hydrogen-bond donors (Lipinski definition) is 4. The van der Waals surface area contributed by atoms with Crippen molar-refractivity contribution < 1.29 is 130 Å². The monoisotopic (exact) mass is 2030 g/mol. The number of benzene rings is 4. The first-order valence-electron chi connectivity index (χ1n) is 41.9. The summed E-state index contributed by atoms with van der Waals surface area (Å²) in [5.74, 6) is -24.2. The molecule has 143 heavy (non-hydrogen) atoms. The van der Waals surface area contributed by atoms with Crippen molar-refractivity contribution in [2.45, 2.75) is 0 Å². The molecule has 16 aromatic rings. The molecule has 0 spiro atoms. The van der Waals surface area contributed by atoms with Gasteiger partial charge in [0, 0.05) is 66.4 Å². The Morgan fingerprint density at radius 1 is 0.189 bits per heavy atom. The summed E-state index contributed by atoms with van der Waals surface area (Å²) >= 11 is 0. The first-order valence-corrected chi connectivity index (χ1v) is 41.9. The van der Waals surface area contributed by atoms with Crippen molar-refractivity contribution in [3.05, 3.63) is 380 Å². The zero-order chi connectivity index (χ0) is 97.1. The Morgan fingerprint density at radius 2 is 0.357 bits per heavy atom. The topological polar surface area (TPSA) is 186 Å². The van der Waals surface area contributed by atoms with Gasteiger partial charge in [-0.2, -0.15) is 19.2 Å². The van der Waals surface area contributed by atoms with Crippen LogP contribution in [0.25, 0.3) is 228 Å². The summed E-state index contributed by atoms with van der Waals surface area (Å²) in [4.78, 5) is 43.3. The second-order valence-corrected chi connectivity index (χ2v) is 31.8. The van der Waals surface area contributed by atoms with Crippen LogP contribution in [0.1, 0.15) is 91.1 Å². The zero-order valence-electron chi connectivity index (χ0n) is 71.7. The molecule has 32 bridgehead atoms. The van der Waals surface area contributed by atoms with Crippen LogP contribution in [-0.2, 0) is 17.1 Å². The van der Waals surface area contributed by atoms with Crippen LogP contribution in [0.2, 0.25) is 0 Å². The second kappa shape index (κ2) is 38.6. The number of fused-ring (bicyclic) bond motifs is 32. The van der Waals surface area contributed by atoms with Gasteiger partial charge in [-0.05, 0) is 192 Å².